The Balaban J connectivity index is 2.89. The largest absolute Gasteiger partial charge is 0.303 e. The van der Waals surface area contributed by atoms with Gasteiger partial charge >= 0.3 is 0 Å². The van der Waals surface area contributed by atoms with Crippen LogP contribution in [0.4, 0.5) is 0 Å². The smallest absolute Gasteiger partial charge is 0.0381 e. The number of rotatable bonds is 3. The van der Waals surface area contributed by atoms with E-state index in [-0.39, 0.29) is 11.1 Å². The Morgan fingerprint density at radius 1 is 0.938 bits per heavy atom. The van der Waals surface area contributed by atoms with Crippen LogP contribution in [0.25, 0.3) is 0 Å². The van der Waals surface area contributed by atoms with Crippen molar-refractivity contribution in [1.29, 1.82) is 0 Å². The Kier molecular flexibility index (Phi) is 3.80. The maximum Gasteiger partial charge on any atom is 0.0381 e. The predicted molar refractivity (Wildman–Crippen MR) is 71.7 cm³/mol. The molecule has 1 aromatic carbocycles. The molecule has 1 rings (SSSR count). The fourth-order valence-electron chi connectivity index (χ4n) is 2.17. The molecule has 0 saturated heterocycles. The topological polar surface area (TPSA) is 12.0 Å². The van der Waals surface area contributed by atoms with Gasteiger partial charge in [0.05, 0.1) is 0 Å². The van der Waals surface area contributed by atoms with Gasteiger partial charge in [-0.15, -0.1) is 0 Å². The third-order valence-corrected chi connectivity index (χ3v) is 2.77. The number of benzene rings is 1. The molecule has 1 heteroatoms. The third kappa shape index (κ3) is 3.64. The van der Waals surface area contributed by atoms with Crippen molar-refractivity contribution in [2.45, 2.75) is 59.0 Å². The van der Waals surface area contributed by atoms with Gasteiger partial charge < -0.3 is 5.32 Å². The summed E-state index contributed by atoms with van der Waals surface area (Å²) in [5.41, 5.74) is 2.90. The first kappa shape index (κ1) is 13.2. The lowest BCUT2D eigenvalue weighted by molar-refractivity contribution is 0.286. The molecule has 0 fully saturated rings. The van der Waals surface area contributed by atoms with Crippen molar-refractivity contribution in [2.24, 2.45) is 0 Å². The van der Waals surface area contributed by atoms with Crippen LogP contribution in [0.15, 0.2) is 24.3 Å². The van der Waals surface area contributed by atoms with Gasteiger partial charge in [0.2, 0.25) is 0 Å². The first-order chi connectivity index (χ1) is 7.24. The van der Waals surface area contributed by atoms with Crippen LogP contribution >= 0.6 is 0 Å². The van der Waals surface area contributed by atoms with Crippen LogP contribution < -0.4 is 5.32 Å². The maximum atomic E-state index is 3.65. The summed E-state index contributed by atoms with van der Waals surface area (Å²) >= 11 is 0. The van der Waals surface area contributed by atoms with Crippen molar-refractivity contribution in [3.63, 3.8) is 0 Å². The van der Waals surface area contributed by atoms with Crippen molar-refractivity contribution in [2.75, 3.05) is 0 Å². The molecule has 0 aliphatic rings. The van der Waals surface area contributed by atoms with Crippen molar-refractivity contribution in [1.82, 2.24) is 5.32 Å². The number of hydrogen-bond acceptors (Lipinski definition) is 1. The van der Waals surface area contributed by atoms with E-state index in [0.29, 0.717) is 0 Å². The van der Waals surface area contributed by atoms with Gasteiger partial charge in [-0.1, -0.05) is 31.2 Å². The molecule has 1 N–H and O–H groups in total. The Labute approximate surface area is 100 Å². The van der Waals surface area contributed by atoms with Gasteiger partial charge in [-0.05, 0) is 52.2 Å². The summed E-state index contributed by atoms with van der Waals surface area (Å²) in [6.07, 6.45) is 1.10. The van der Waals surface area contributed by atoms with E-state index in [1.807, 2.05) is 0 Å². The predicted octanol–water partition coefficient (Wildman–Crippen LogP) is 3.87. The van der Waals surface area contributed by atoms with Gasteiger partial charge in [-0.3, -0.25) is 0 Å². The van der Waals surface area contributed by atoms with Crippen LogP contribution in [0.1, 0.15) is 52.7 Å². The van der Waals surface area contributed by atoms with Crippen molar-refractivity contribution >= 4 is 0 Å². The van der Waals surface area contributed by atoms with E-state index in [1.165, 1.54) is 11.1 Å². The van der Waals surface area contributed by atoms with Crippen LogP contribution in [0.2, 0.25) is 0 Å². The third-order valence-electron chi connectivity index (χ3n) is 2.77. The number of aryl methyl sites for hydroxylation is 1. The zero-order valence-corrected chi connectivity index (χ0v) is 11.5. The highest BCUT2D eigenvalue weighted by Crippen LogP contribution is 2.23. The quantitative estimate of drug-likeness (QED) is 0.813. The Morgan fingerprint density at radius 2 is 1.44 bits per heavy atom. The summed E-state index contributed by atoms with van der Waals surface area (Å²) in [5.74, 6) is 0. The van der Waals surface area contributed by atoms with Gasteiger partial charge in [0.25, 0.3) is 0 Å². The molecule has 0 aromatic heterocycles. The van der Waals surface area contributed by atoms with Crippen LogP contribution in [0.5, 0.6) is 0 Å². The minimum absolute atomic E-state index is 0.0184. The number of hydrogen-bond donors (Lipinski definition) is 1. The molecular weight excluding hydrogens is 194 g/mol. The molecule has 0 saturated carbocycles. The first-order valence-corrected chi connectivity index (χ1v) is 6.13. The van der Waals surface area contributed by atoms with Crippen molar-refractivity contribution < 1.29 is 0 Å². The molecule has 0 atom stereocenters. The van der Waals surface area contributed by atoms with Gasteiger partial charge in [0, 0.05) is 11.1 Å². The summed E-state index contributed by atoms with van der Waals surface area (Å²) in [4.78, 5) is 0. The van der Waals surface area contributed by atoms with E-state index in [0.717, 1.165) is 6.42 Å². The summed E-state index contributed by atoms with van der Waals surface area (Å²) in [5, 5.41) is 3.65. The molecule has 0 heterocycles. The highest BCUT2D eigenvalue weighted by Gasteiger charge is 2.25. The second kappa shape index (κ2) is 4.58. The Hall–Kier alpha value is -0.820. The fraction of sp³-hybridized carbons (Fsp3) is 0.600. The van der Waals surface area contributed by atoms with Crippen LogP contribution in [-0.2, 0) is 12.0 Å². The molecule has 0 unspecified atom stereocenters. The van der Waals surface area contributed by atoms with E-state index in [1.54, 1.807) is 0 Å². The van der Waals surface area contributed by atoms with Crippen LogP contribution in [-0.4, -0.2) is 5.54 Å². The Morgan fingerprint density at radius 3 is 1.81 bits per heavy atom. The molecule has 90 valence electrons. The first-order valence-electron chi connectivity index (χ1n) is 6.13. The van der Waals surface area contributed by atoms with E-state index in [9.17, 15) is 0 Å². The zero-order chi connectivity index (χ0) is 12.4. The maximum absolute atomic E-state index is 3.65. The number of nitrogens with one attached hydrogen (secondary N) is 1. The van der Waals surface area contributed by atoms with Crippen molar-refractivity contribution in [3.8, 4) is 0 Å². The highest BCUT2D eigenvalue weighted by molar-refractivity contribution is 5.27. The lowest BCUT2D eigenvalue weighted by Crippen LogP contribution is -2.48. The standard InChI is InChI=1S/C15H25N/c1-7-12-8-10-13(11-9-12)15(5,6)16-14(2,3)4/h8-11,16H,7H2,1-6H3. The molecule has 0 aliphatic heterocycles. The molecular formula is C15H25N. The SMILES string of the molecule is CCc1ccc(C(C)(C)NC(C)(C)C)cc1. The molecule has 0 aliphatic carbocycles. The second-order valence-corrected chi connectivity index (χ2v) is 6.05. The average Bonchev–Trinajstić information content (AvgIpc) is 2.14. The summed E-state index contributed by atoms with van der Waals surface area (Å²) < 4.78 is 0. The van der Waals surface area contributed by atoms with E-state index < -0.39 is 0 Å². The zero-order valence-electron chi connectivity index (χ0n) is 11.5. The van der Waals surface area contributed by atoms with Crippen molar-refractivity contribution in [3.05, 3.63) is 35.4 Å². The van der Waals surface area contributed by atoms with E-state index in [4.69, 9.17) is 0 Å². The highest BCUT2D eigenvalue weighted by atomic mass is 15.0. The normalized spacial score (nSPS) is 12.9. The summed E-state index contributed by atoms with van der Waals surface area (Å²) in [7, 11) is 0. The molecule has 0 amide bonds. The molecule has 0 bridgehead atoms. The van der Waals surface area contributed by atoms with E-state index in [2.05, 4.69) is 71.1 Å². The summed E-state index contributed by atoms with van der Waals surface area (Å²) in [6.45, 7) is 13.3. The molecule has 16 heavy (non-hydrogen) atoms. The minimum atomic E-state index is 0.0184. The monoisotopic (exact) mass is 219 g/mol. The van der Waals surface area contributed by atoms with Gasteiger partial charge in [0.15, 0.2) is 0 Å². The molecule has 0 spiro atoms. The van der Waals surface area contributed by atoms with Gasteiger partial charge in [-0.2, -0.15) is 0 Å². The van der Waals surface area contributed by atoms with E-state index >= 15 is 0 Å². The second-order valence-electron chi connectivity index (χ2n) is 6.05. The lowest BCUT2D eigenvalue weighted by Gasteiger charge is -2.35. The summed E-state index contributed by atoms with van der Waals surface area (Å²) in [6, 6.07) is 8.91. The average molecular weight is 219 g/mol. The lowest BCUT2D eigenvalue weighted by atomic mass is 9.90. The Bertz CT molecular complexity index is 327. The minimum Gasteiger partial charge on any atom is -0.303 e. The van der Waals surface area contributed by atoms with Gasteiger partial charge in [-0.25, -0.2) is 0 Å². The van der Waals surface area contributed by atoms with Gasteiger partial charge in [0.1, 0.15) is 0 Å². The molecule has 0 radical (unpaired) electrons. The van der Waals surface area contributed by atoms with Crippen LogP contribution in [0.3, 0.4) is 0 Å². The fourth-order valence-corrected chi connectivity index (χ4v) is 2.17. The molecule has 1 nitrogen and oxygen atoms in total. The van der Waals surface area contributed by atoms with Crippen LogP contribution in [0, 0.1) is 0 Å². The molecule has 1 aromatic rings.